The minimum Gasteiger partial charge on any atom is -0.350 e. The molecule has 0 heterocycles. The van der Waals surface area contributed by atoms with Gasteiger partial charge in [-0.15, -0.1) is 0 Å². The Labute approximate surface area is 178 Å². The van der Waals surface area contributed by atoms with Gasteiger partial charge in [-0.2, -0.15) is 0 Å². The molecule has 0 radical (unpaired) electrons. The van der Waals surface area contributed by atoms with Gasteiger partial charge in [0, 0.05) is 12.1 Å². The van der Waals surface area contributed by atoms with Crippen molar-refractivity contribution in [1.82, 2.24) is 10.2 Å². The van der Waals surface area contributed by atoms with Gasteiger partial charge in [-0.05, 0) is 49.5 Å². The number of carbonyl (C=O) groups is 1. The Morgan fingerprint density at radius 3 is 2.17 bits per heavy atom. The number of nitrogens with one attached hydrogen (secondary N) is 1. The van der Waals surface area contributed by atoms with Gasteiger partial charge in [0.25, 0.3) is 5.91 Å². The highest BCUT2D eigenvalue weighted by atomic mass is 32.2. The van der Waals surface area contributed by atoms with Crippen LogP contribution in [0.25, 0.3) is 0 Å². The Bertz CT molecular complexity index is 1080. The average Bonchev–Trinajstić information content (AvgIpc) is 2.75. The van der Waals surface area contributed by atoms with Crippen LogP contribution in [0.4, 0.5) is 0 Å². The van der Waals surface area contributed by atoms with Crippen LogP contribution in [0.3, 0.4) is 0 Å². The number of carbonyl (C=O) groups excluding carboxylic acids is 1. The molecule has 0 fully saturated rings. The monoisotopic (exact) mass is 422 g/mol. The summed E-state index contributed by atoms with van der Waals surface area (Å²) in [5, 5.41) is 2.97. The van der Waals surface area contributed by atoms with Crippen LogP contribution in [-0.4, -0.2) is 39.9 Å². The topological polar surface area (TPSA) is 66.5 Å². The van der Waals surface area contributed by atoms with Crippen molar-refractivity contribution in [2.45, 2.75) is 16.7 Å². The molecule has 1 atom stereocenters. The largest absolute Gasteiger partial charge is 0.350 e. The van der Waals surface area contributed by atoms with E-state index < -0.39 is 9.84 Å². The summed E-state index contributed by atoms with van der Waals surface area (Å²) in [7, 11) is 0.475. The van der Waals surface area contributed by atoms with Crippen LogP contribution < -0.4 is 5.32 Å². The predicted molar refractivity (Wildman–Crippen MR) is 119 cm³/mol. The lowest BCUT2D eigenvalue weighted by atomic mass is 10.1. The summed E-state index contributed by atoms with van der Waals surface area (Å²) in [6, 6.07) is 25.1. The smallest absolute Gasteiger partial charge is 0.251 e. The number of nitrogens with zero attached hydrogens (tertiary/aromatic N) is 1. The summed E-state index contributed by atoms with van der Waals surface area (Å²) < 4.78 is 25.2. The van der Waals surface area contributed by atoms with Crippen molar-refractivity contribution < 1.29 is 13.2 Å². The lowest BCUT2D eigenvalue weighted by Gasteiger charge is -2.25. The lowest BCUT2D eigenvalue weighted by molar-refractivity contribution is 0.0942. The highest BCUT2D eigenvalue weighted by molar-refractivity contribution is 7.90. The maximum Gasteiger partial charge on any atom is 0.251 e. The lowest BCUT2D eigenvalue weighted by Crippen LogP contribution is -2.34. The quantitative estimate of drug-likeness (QED) is 0.601. The van der Waals surface area contributed by atoms with Gasteiger partial charge < -0.3 is 10.2 Å². The Balaban J connectivity index is 1.70. The van der Waals surface area contributed by atoms with Crippen LogP contribution in [0.15, 0.2) is 89.8 Å². The zero-order valence-corrected chi connectivity index (χ0v) is 18.0. The minimum absolute atomic E-state index is 0.0387. The Kier molecular flexibility index (Phi) is 7.03. The van der Waals surface area contributed by atoms with Crippen molar-refractivity contribution in [3.8, 4) is 0 Å². The molecule has 5 nitrogen and oxygen atoms in total. The number of rotatable bonds is 8. The van der Waals surface area contributed by atoms with Crippen molar-refractivity contribution in [2.75, 3.05) is 20.6 Å². The molecule has 1 N–H and O–H groups in total. The summed E-state index contributed by atoms with van der Waals surface area (Å²) in [6.45, 7) is 0.447. The second-order valence-corrected chi connectivity index (χ2v) is 9.36. The summed E-state index contributed by atoms with van der Waals surface area (Å²) in [4.78, 5) is 15.0. The van der Waals surface area contributed by atoms with E-state index in [-0.39, 0.29) is 22.6 Å². The van der Waals surface area contributed by atoms with Crippen LogP contribution >= 0.6 is 0 Å². The highest BCUT2D eigenvalue weighted by Crippen LogP contribution is 2.19. The molecule has 1 amide bonds. The first-order valence-electron chi connectivity index (χ1n) is 9.73. The number of hydrogen-bond donors (Lipinski definition) is 1. The molecule has 0 aliphatic rings. The van der Waals surface area contributed by atoms with Gasteiger partial charge in [0.2, 0.25) is 0 Å². The fourth-order valence-corrected chi connectivity index (χ4v) is 4.65. The molecule has 30 heavy (non-hydrogen) atoms. The Morgan fingerprint density at radius 1 is 0.900 bits per heavy atom. The summed E-state index contributed by atoms with van der Waals surface area (Å²) >= 11 is 0. The second kappa shape index (κ2) is 9.69. The molecule has 0 saturated carbocycles. The number of benzene rings is 3. The average molecular weight is 423 g/mol. The molecule has 0 aliphatic carbocycles. The first-order chi connectivity index (χ1) is 14.4. The van der Waals surface area contributed by atoms with E-state index in [4.69, 9.17) is 0 Å². The maximum absolute atomic E-state index is 12.7. The molecular weight excluding hydrogens is 396 g/mol. The second-order valence-electron chi connectivity index (χ2n) is 7.37. The maximum atomic E-state index is 12.7. The van der Waals surface area contributed by atoms with Crippen LogP contribution in [0.5, 0.6) is 0 Å². The number of hydrogen-bond acceptors (Lipinski definition) is 4. The highest BCUT2D eigenvalue weighted by Gasteiger charge is 2.18. The van der Waals surface area contributed by atoms with Crippen molar-refractivity contribution in [1.29, 1.82) is 0 Å². The van der Waals surface area contributed by atoms with Gasteiger partial charge >= 0.3 is 0 Å². The van der Waals surface area contributed by atoms with Crippen LogP contribution in [0.2, 0.25) is 0 Å². The molecule has 3 aromatic rings. The SMILES string of the molecule is CN(C)C(CNC(=O)c1cccc(CS(=O)(=O)c2ccccc2)c1)c1ccccc1. The standard InChI is InChI=1S/C24H26N2O3S/c1-26(2)23(20-11-5-3-6-12-20)17-25-24(27)21-13-9-10-19(16-21)18-30(28,29)22-14-7-4-8-15-22/h3-16,23H,17-18H2,1-2H3,(H,25,27). The zero-order chi connectivity index (χ0) is 21.6. The van der Waals surface area contributed by atoms with Crippen LogP contribution in [0.1, 0.15) is 27.5 Å². The van der Waals surface area contributed by atoms with E-state index >= 15 is 0 Å². The Morgan fingerprint density at radius 2 is 1.53 bits per heavy atom. The van der Waals surface area contributed by atoms with E-state index in [0.29, 0.717) is 17.7 Å². The first-order valence-corrected chi connectivity index (χ1v) is 11.4. The van der Waals surface area contributed by atoms with Crippen LogP contribution in [0, 0.1) is 0 Å². The van der Waals surface area contributed by atoms with Gasteiger partial charge in [0.15, 0.2) is 9.84 Å². The molecule has 3 rings (SSSR count). The molecule has 156 valence electrons. The first kappa shape index (κ1) is 21.7. The third-order valence-corrected chi connectivity index (χ3v) is 6.62. The molecule has 0 saturated heterocycles. The van der Waals surface area contributed by atoms with Crippen molar-refractivity contribution >= 4 is 15.7 Å². The summed E-state index contributed by atoms with van der Waals surface area (Å²) in [6.07, 6.45) is 0. The van der Waals surface area contributed by atoms with E-state index in [1.54, 1.807) is 54.6 Å². The molecule has 3 aromatic carbocycles. The van der Waals surface area contributed by atoms with Crippen molar-refractivity contribution in [3.63, 3.8) is 0 Å². The van der Waals surface area contributed by atoms with E-state index in [2.05, 4.69) is 10.2 Å². The van der Waals surface area contributed by atoms with Crippen molar-refractivity contribution in [2.24, 2.45) is 0 Å². The fourth-order valence-electron chi connectivity index (χ4n) is 3.30. The van der Waals surface area contributed by atoms with Gasteiger partial charge in [-0.25, -0.2) is 8.42 Å². The third kappa shape index (κ3) is 5.55. The van der Waals surface area contributed by atoms with E-state index in [1.165, 1.54) is 0 Å². The Hall–Kier alpha value is -2.96. The molecule has 1 unspecified atom stereocenters. The van der Waals surface area contributed by atoms with E-state index in [0.717, 1.165) is 5.56 Å². The van der Waals surface area contributed by atoms with E-state index in [9.17, 15) is 13.2 Å². The normalized spacial score (nSPS) is 12.5. The molecule has 0 bridgehead atoms. The van der Waals surface area contributed by atoms with Gasteiger partial charge in [0.05, 0.1) is 16.7 Å². The van der Waals surface area contributed by atoms with Crippen molar-refractivity contribution in [3.05, 3.63) is 102 Å². The summed E-state index contributed by atoms with van der Waals surface area (Å²) in [5.74, 6) is -0.376. The zero-order valence-electron chi connectivity index (χ0n) is 17.2. The molecular formula is C24H26N2O3S. The molecule has 0 spiro atoms. The third-order valence-electron chi connectivity index (χ3n) is 4.91. The van der Waals surface area contributed by atoms with Gasteiger partial charge in [-0.1, -0.05) is 60.7 Å². The molecule has 6 heteroatoms. The minimum atomic E-state index is -3.47. The predicted octanol–water partition coefficient (Wildman–Crippen LogP) is 3.69. The summed E-state index contributed by atoms with van der Waals surface area (Å²) in [5.41, 5.74) is 2.14. The number of sulfone groups is 1. The molecule has 0 aromatic heterocycles. The number of likely N-dealkylation sites (N-methyl/N-ethyl adjacent to an activating group) is 1. The fraction of sp³-hybridized carbons (Fsp3) is 0.208. The van der Waals surface area contributed by atoms with Gasteiger partial charge in [0.1, 0.15) is 0 Å². The number of amides is 1. The van der Waals surface area contributed by atoms with Crippen LogP contribution in [-0.2, 0) is 15.6 Å². The van der Waals surface area contributed by atoms with E-state index in [1.807, 2.05) is 44.4 Å². The molecule has 0 aliphatic heterocycles. The van der Waals surface area contributed by atoms with Gasteiger partial charge in [-0.3, -0.25) is 4.79 Å².